The van der Waals surface area contributed by atoms with E-state index < -0.39 is 0 Å². The minimum absolute atomic E-state index is 0.0139. The van der Waals surface area contributed by atoms with E-state index in [-0.39, 0.29) is 17.2 Å². The molecule has 0 saturated carbocycles. The molecule has 31 heavy (non-hydrogen) atoms. The number of pyridine rings is 1. The van der Waals surface area contributed by atoms with Crippen LogP contribution in [-0.2, 0) is 0 Å². The molecule has 0 spiro atoms. The summed E-state index contributed by atoms with van der Waals surface area (Å²) in [6.45, 7) is 1.66. The second kappa shape index (κ2) is 8.04. The van der Waals surface area contributed by atoms with Crippen molar-refractivity contribution in [3.63, 3.8) is 0 Å². The van der Waals surface area contributed by atoms with E-state index in [2.05, 4.69) is 4.98 Å². The number of hydrogen-bond acceptors (Lipinski definition) is 4. The number of carbonyl (C=O) groups excluding carboxylic acids is 1. The Bertz CT molecular complexity index is 1300. The number of amides is 1. The Hall–Kier alpha value is -3.38. The molecule has 3 heterocycles. The van der Waals surface area contributed by atoms with Crippen LogP contribution in [0.15, 0.2) is 64.8 Å². The van der Waals surface area contributed by atoms with E-state index in [4.69, 9.17) is 0 Å². The van der Waals surface area contributed by atoms with Crippen LogP contribution in [-0.4, -0.2) is 34.0 Å². The first-order valence-corrected chi connectivity index (χ1v) is 11.3. The van der Waals surface area contributed by atoms with E-state index in [1.54, 1.807) is 6.07 Å². The van der Waals surface area contributed by atoms with Crippen molar-refractivity contribution >= 4 is 28.1 Å². The van der Waals surface area contributed by atoms with E-state index in [0.717, 1.165) is 41.9 Å². The number of fused-ring (bicyclic) bond motifs is 1. The highest BCUT2D eigenvalue weighted by atomic mass is 32.1. The molecule has 0 radical (unpaired) electrons. The van der Waals surface area contributed by atoms with Crippen LogP contribution in [0.2, 0.25) is 0 Å². The van der Waals surface area contributed by atoms with Crippen molar-refractivity contribution in [1.82, 2.24) is 9.88 Å². The Balaban J connectivity index is 1.50. The number of nitrogens with one attached hydrogen (secondary N) is 1. The van der Waals surface area contributed by atoms with E-state index in [1.165, 1.54) is 17.8 Å². The van der Waals surface area contributed by atoms with Crippen molar-refractivity contribution < 1.29 is 9.90 Å². The van der Waals surface area contributed by atoms with Crippen molar-refractivity contribution in [1.29, 1.82) is 0 Å². The molecule has 5 nitrogen and oxygen atoms in total. The second-order valence-electron chi connectivity index (χ2n) is 7.85. The van der Waals surface area contributed by atoms with Crippen molar-refractivity contribution in [2.24, 2.45) is 0 Å². The number of H-pyrrole nitrogens is 1. The third kappa shape index (κ3) is 3.64. The van der Waals surface area contributed by atoms with Gasteiger partial charge in [-0.25, -0.2) is 0 Å². The highest BCUT2D eigenvalue weighted by Gasteiger charge is 2.18. The van der Waals surface area contributed by atoms with Crippen molar-refractivity contribution in [2.75, 3.05) is 13.1 Å². The molecule has 2 aromatic heterocycles. The van der Waals surface area contributed by atoms with Gasteiger partial charge in [0.2, 0.25) is 0 Å². The fraction of sp³-hybridized carbons (Fsp3) is 0.200. The average Bonchev–Trinajstić information content (AvgIpc) is 3.33. The summed E-state index contributed by atoms with van der Waals surface area (Å²) < 4.78 is 0. The molecule has 156 valence electrons. The zero-order valence-corrected chi connectivity index (χ0v) is 17.7. The van der Waals surface area contributed by atoms with Gasteiger partial charge in [-0.2, -0.15) is 0 Å². The third-order valence-corrected chi connectivity index (χ3v) is 6.75. The Morgan fingerprint density at radius 2 is 1.71 bits per heavy atom. The third-order valence-electron chi connectivity index (χ3n) is 5.86. The van der Waals surface area contributed by atoms with Gasteiger partial charge in [-0.3, -0.25) is 9.59 Å². The average molecular weight is 431 g/mol. The molecule has 2 aromatic carbocycles. The first-order valence-electron chi connectivity index (χ1n) is 10.4. The molecule has 1 aliphatic heterocycles. The number of aromatic nitrogens is 1. The van der Waals surface area contributed by atoms with Gasteiger partial charge in [-0.05, 0) is 66.1 Å². The number of piperidine rings is 1. The summed E-state index contributed by atoms with van der Waals surface area (Å²) in [6, 6.07) is 16.8. The van der Waals surface area contributed by atoms with Crippen LogP contribution < -0.4 is 5.56 Å². The summed E-state index contributed by atoms with van der Waals surface area (Å²) in [7, 11) is 0. The first-order chi connectivity index (χ1) is 15.1. The maximum absolute atomic E-state index is 12.7. The number of nitrogens with zero attached hydrogens (tertiary/aromatic N) is 1. The largest absolute Gasteiger partial charge is 0.506 e. The lowest BCUT2D eigenvalue weighted by molar-refractivity contribution is 0.0724. The van der Waals surface area contributed by atoms with E-state index in [9.17, 15) is 14.7 Å². The normalized spacial score (nSPS) is 14.1. The van der Waals surface area contributed by atoms with Crippen LogP contribution >= 0.6 is 11.3 Å². The topological polar surface area (TPSA) is 73.4 Å². The first kappa shape index (κ1) is 19.6. The van der Waals surface area contributed by atoms with E-state index in [0.29, 0.717) is 22.0 Å². The molecule has 1 amide bonds. The summed E-state index contributed by atoms with van der Waals surface area (Å²) in [5, 5.41) is 13.3. The summed E-state index contributed by atoms with van der Waals surface area (Å²) >= 11 is 1.41. The Kier molecular flexibility index (Phi) is 5.08. The molecule has 0 bridgehead atoms. The smallest absolute Gasteiger partial charge is 0.260 e. The molecular weight excluding hydrogens is 408 g/mol. The van der Waals surface area contributed by atoms with Gasteiger partial charge in [0.15, 0.2) is 0 Å². The lowest BCUT2D eigenvalue weighted by atomic mass is 10.00. The van der Waals surface area contributed by atoms with E-state index in [1.807, 2.05) is 58.8 Å². The molecule has 2 N–H and O–H groups in total. The molecule has 1 aliphatic rings. The number of carbonyl (C=O) groups is 1. The number of rotatable bonds is 3. The summed E-state index contributed by atoms with van der Waals surface area (Å²) in [5.41, 5.74) is 3.12. The highest BCUT2D eigenvalue weighted by molar-refractivity contribution is 7.13. The Morgan fingerprint density at radius 3 is 2.42 bits per heavy atom. The molecule has 1 saturated heterocycles. The van der Waals surface area contributed by atoms with Crippen LogP contribution in [0.1, 0.15) is 29.6 Å². The number of likely N-dealkylation sites (tertiary alicyclic amines) is 1. The van der Waals surface area contributed by atoms with Gasteiger partial charge in [0.05, 0.1) is 11.1 Å². The van der Waals surface area contributed by atoms with Gasteiger partial charge in [-0.15, -0.1) is 11.3 Å². The van der Waals surface area contributed by atoms with Gasteiger partial charge >= 0.3 is 0 Å². The molecular formula is C25H22N2O3S. The van der Waals surface area contributed by atoms with Crippen molar-refractivity contribution in [3.8, 4) is 27.3 Å². The summed E-state index contributed by atoms with van der Waals surface area (Å²) in [6.07, 6.45) is 3.33. The predicted octanol–water partition coefficient (Wildman–Crippen LogP) is 5.26. The van der Waals surface area contributed by atoms with Crippen LogP contribution in [0.3, 0.4) is 0 Å². The quantitative estimate of drug-likeness (QED) is 0.466. The van der Waals surface area contributed by atoms with Crippen LogP contribution in [0.5, 0.6) is 5.75 Å². The fourth-order valence-corrected chi connectivity index (χ4v) is 4.96. The van der Waals surface area contributed by atoms with Gasteiger partial charge in [0.25, 0.3) is 11.5 Å². The fourth-order valence-electron chi connectivity index (χ4n) is 4.19. The maximum Gasteiger partial charge on any atom is 0.260 e. The second-order valence-corrected chi connectivity index (χ2v) is 8.79. The maximum atomic E-state index is 12.7. The Morgan fingerprint density at radius 1 is 0.968 bits per heavy atom. The van der Waals surface area contributed by atoms with Gasteiger partial charge < -0.3 is 15.0 Å². The van der Waals surface area contributed by atoms with Crippen LogP contribution in [0, 0.1) is 0 Å². The van der Waals surface area contributed by atoms with Gasteiger partial charge in [0, 0.05) is 28.9 Å². The minimum Gasteiger partial charge on any atom is -0.506 e. The number of aromatic amines is 1. The van der Waals surface area contributed by atoms with Crippen molar-refractivity contribution in [3.05, 3.63) is 75.9 Å². The van der Waals surface area contributed by atoms with Crippen LogP contribution in [0.4, 0.5) is 0 Å². The SMILES string of the molecule is O=C(c1ccc(-c2ccc3[nH]c(=O)c(-c4cccs4)c(O)c3c2)cc1)N1CCCCC1. The molecule has 0 unspecified atom stereocenters. The monoisotopic (exact) mass is 430 g/mol. The zero-order chi connectivity index (χ0) is 21.4. The lowest BCUT2D eigenvalue weighted by Gasteiger charge is -2.26. The molecule has 0 aliphatic carbocycles. The molecule has 4 aromatic rings. The number of hydrogen-bond donors (Lipinski definition) is 2. The molecule has 1 fully saturated rings. The summed E-state index contributed by atoms with van der Waals surface area (Å²) in [5.74, 6) is 0.0699. The number of thiophene rings is 1. The summed E-state index contributed by atoms with van der Waals surface area (Å²) in [4.78, 5) is 30.7. The van der Waals surface area contributed by atoms with Crippen LogP contribution in [0.25, 0.3) is 32.5 Å². The highest BCUT2D eigenvalue weighted by Crippen LogP contribution is 2.36. The van der Waals surface area contributed by atoms with Gasteiger partial charge in [0.1, 0.15) is 5.75 Å². The molecule has 6 heteroatoms. The van der Waals surface area contributed by atoms with Gasteiger partial charge in [-0.1, -0.05) is 24.3 Å². The number of aromatic hydroxyl groups is 1. The molecule has 0 atom stereocenters. The zero-order valence-electron chi connectivity index (χ0n) is 16.9. The lowest BCUT2D eigenvalue weighted by Crippen LogP contribution is -2.35. The molecule has 5 rings (SSSR count). The van der Waals surface area contributed by atoms with E-state index >= 15 is 0 Å². The number of benzene rings is 2. The standard InChI is InChI=1S/C25H22N2O3S/c28-23-19-15-18(10-11-20(19)26-24(29)22(23)21-5-4-14-31-21)16-6-8-17(9-7-16)25(30)27-12-2-1-3-13-27/h4-11,14-15H,1-3,12-13H2,(H2,26,28,29). The minimum atomic E-state index is -0.305. The Labute approximate surface area is 183 Å². The van der Waals surface area contributed by atoms with Crippen molar-refractivity contribution in [2.45, 2.75) is 19.3 Å². The predicted molar refractivity (Wildman–Crippen MR) is 125 cm³/mol.